The van der Waals surface area contributed by atoms with Crippen LogP contribution in [0.15, 0.2) is 24.4 Å². The third-order valence-electron chi connectivity index (χ3n) is 6.12. The number of amides is 1. The first-order valence-electron chi connectivity index (χ1n) is 10.4. The lowest BCUT2D eigenvalue weighted by Gasteiger charge is -2.32. The zero-order valence-corrected chi connectivity index (χ0v) is 16.8. The van der Waals surface area contributed by atoms with Gasteiger partial charge >= 0.3 is 12.3 Å². The summed E-state index contributed by atoms with van der Waals surface area (Å²) in [6.07, 6.45) is -0.901. The van der Waals surface area contributed by atoms with E-state index in [-0.39, 0.29) is 17.5 Å². The van der Waals surface area contributed by atoms with Crippen molar-refractivity contribution in [1.29, 1.82) is 0 Å². The zero-order valence-electron chi connectivity index (χ0n) is 16.8. The molecule has 1 aromatic heterocycles. The van der Waals surface area contributed by atoms with Gasteiger partial charge in [0, 0.05) is 43.4 Å². The molecule has 1 atom stereocenters. The minimum atomic E-state index is -4.79. The van der Waals surface area contributed by atoms with Crippen LogP contribution in [0.5, 0.6) is 0 Å². The normalized spacial score (nSPS) is 20.8. The Labute approximate surface area is 176 Å². The smallest absolute Gasteiger partial charge is 0.419 e. The number of nitrogens with zero attached hydrogens (tertiary/aromatic N) is 3. The van der Waals surface area contributed by atoms with Gasteiger partial charge in [0.25, 0.3) is 0 Å². The molecule has 2 N–H and O–H groups in total. The number of carboxylic acid groups (broad SMARTS) is 1. The second-order valence-electron chi connectivity index (χ2n) is 8.13. The highest BCUT2D eigenvalue weighted by Crippen LogP contribution is 2.36. The second-order valence-corrected chi connectivity index (χ2v) is 8.13. The minimum Gasteiger partial charge on any atom is -0.465 e. The zero-order chi connectivity index (χ0) is 22.2. The minimum absolute atomic E-state index is 0.00816. The van der Waals surface area contributed by atoms with Crippen LogP contribution in [0, 0.1) is 5.82 Å². The quantitative estimate of drug-likeness (QED) is 0.690. The van der Waals surface area contributed by atoms with Crippen molar-refractivity contribution in [2.45, 2.75) is 43.8 Å². The number of alkyl halides is 3. The summed E-state index contributed by atoms with van der Waals surface area (Å²) >= 11 is 0. The average molecular weight is 440 g/mol. The van der Waals surface area contributed by atoms with E-state index in [2.05, 4.69) is 10.3 Å². The lowest BCUT2D eigenvalue weighted by molar-refractivity contribution is -0.139. The van der Waals surface area contributed by atoms with E-state index in [1.807, 2.05) is 4.57 Å². The molecule has 1 amide bonds. The van der Waals surface area contributed by atoms with E-state index in [0.29, 0.717) is 31.6 Å². The number of hydrogen-bond donors (Lipinski definition) is 2. The molecule has 10 heteroatoms. The van der Waals surface area contributed by atoms with Crippen LogP contribution >= 0.6 is 0 Å². The van der Waals surface area contributed by atoms with Crippen LogP contribution < -0.4 is 5.32 Å². The third kappa shape index (κ3) is 4.53. The van der Waals surface area contributed by atoms with Crippen LogP contribution in [0.2, 0.25) is 0 Å². The van der Waals surface area contributed by atoms with Crippen LogP contribution in [0.1, 0.15) is 49.0 Å². The van der Waals surface area contributed by atoms with Gasteiger partial charge < -0.3 is 19.9 Å². The van der Waals surface area contributed by atoms with Gasteiger partial charge in [-0.25, -0.2) is 14.2 Å². The molecule has 31 heavy (non-hydrogen) atoms. The number of carbonyl (C=O) groups is 1. The number of hydrogen-bond acceptors (Lipinski definition) is 3. The van der Waals surface area contributed by atoms with Crippen molar-refractivity contribution in [1.82, 2.24) is 19.8 Å². The summed E-state index contributed by atoms with van der Waals surface area (Å²) < 4.78 is 55.3. The molecule has 168 valence electrons. The van der Waals surface area contributed by atoms with E-state index >= 15 is 0 Å². The van der Waals surface area contributed by atoms with Crippen molar-refractivity contribution >= 4 is 6.09 Å². The van der Waals surface area contributed by atoms with Crippen LogP contribution in [0.4, 0.5) is 22.4 Å². The first-order chi connectivity index (χ1) is 14.7. The Bertz CT molecular complexity index is 945. The number of aromatic nitrogens is 2. The summed E-state index contributed by atoms with van der Waals surface area (Å²) in [5.74, 6) is -0.547. The van der Waals surface area contributed by atoms with E-state index in [1.165, 1.54) is 11.0 Å². The van der Waals surface area contributed by atoms with Crippen molar-refractivity contribution < 1.29 is 27.5 Å². The summed E-state index contributed by atoms with van der Waals surface area (Å²) in [5, 5.41) is 12.5. The summed E-state index contributed by atoms with van der Waals surface area (Å²) in [6.45, 7) is 2.42. The number of imidazole rings is 1. The molecule has 3 heterocycles. The van der Waals surface area contributed by atoms with Gasteiger partial charge in [-0.05, 0) is 50.4 Å². The maximum Gasteiger partial charge on any atom is 0.419 e. The summed E-state index contributed by atoms with van der Waals surface area (Å²) in [4.78, 5) is 17.3. The molecule has 1 unspecified atom stereocenters. The standard InChI is InChI=1S/C21H24F4N4O2/c22-17-4-3-14(10-16(17)21(23,24)25)18-12-29(15-2-1-7-26-11-15)19(27-18)13-5-8-28(9-6-13)20(30)31/h3-4,10,12-13,15,26H,1-2,5-9,11H2,(H,30,31). The fourth-order valence-electron chi connectivity index (χ4n) is 4.44. The Morgan fingerprint density at radius 1 is 1.19 bits per heavy atom. The topological polar surface area (TPSA) is 70.4 Å². The summed E-state index contributed by atoms with van der Waals surface area (Å²) in [6, 6.07) is 3.06. The molecule has 2 saturated heterocycles. The van der Waals surface area contributed by atoms with Crippen LogP contribution in [0.3, 0.4) is 0 Å². The Kier molecular flexibility index (Phi) is 5.92. The molecule has 1 aromatic carbocycles. The van der Waals surface area contributed by atoms with E-state index in [9.17, 15) is 27.5 Å². The maximum atomic E-state index is 13.7. The highest BCUT2D eigenvalue weighted by Gasteiger charge is 2.35. The monoisotopic (exact) mass is 440 g/mol. The van der Waals surface area contributed by atoms with Crippen molar-refractivity contribution in [2.75, 3.05) is 26.2 Å². The number of piperidine rings is 2. The van der Waals surface area contributed by atoms with Crippen molar-refractivity contribution in [3.63, 3.8) is 0 Å². The molecule has 4 rings (SSSR count). The largest absolute Gasteiger partial charge is 0.465 e. The Morgan fingerprint density at radius 2 is 1.94 bits per heavy atom. The highest BCUT2D eigenvalue weighted by atomic mass is 19.4. The molecule has 0 bridgehead atoms. The molecule has 0 spiro atoms. The molecule has 0 saturated carbocycles. The van der Waals surface area contributed by atoms with E-state index in [0.717, 1.165) is 43.9 Å². The summed E-state index contributed by atoms with van der Waals surface area (Å²) in [5.41, 5.74) is -0.734. The van der Waals surface area contributed by atoms with Gasteiger partial charge in [-0.2, -0.15) is 13.2 Å². The first kappa shape index (κ1) is 21.6. The van der Waals surface area contributed by atoms with Gasteiger partial charge in [-0.3, -0.25) is 0 Å². The number of halogens is 4. The van der Waals surface area contributed by atoms with Gasteiger partial charge in [0.2, 0.25) is 0 Å². The number of benzene rings is 1. The van der Waals surface area contributed by atoms with Gasteiger partial charge in [0.1, 0.15) is 11.6 Å². The Balaban J connectivity index is 1.70. The Hall–Kier alpha value is -2.62. The molecule has 2 fully saturated rings. The first-order valence-corrected chi connectivity index (χ1v) is 10.4. The molecular formula is C21H24F4N4O2. The van der Waals surface area contributed by atoms with E-state index in [1.54, 1.807) is 6.20 Å². The number of nitrogens with one attached hydrogen (secondary N) is 1. The molecule has 0 radical (unpaired) electrons. The maximum absolute atomic E-state index is 13.7. The van der Waals surface area contributed by atoms with Crippen LogP contribution in [-0.4, -0.2) is 51.8 Å². The predicted octanol–water partition coefficient (Wildman–Crippen LogP) is 4.49. The number of rotatable bonds is 3. The fourth-order valence-corrected chi connectivity index (χ4v) is 4.44. The SMILES string of the molecule is O=C(O)N1CCC(c2nc(-c3ccc(F)c(C(F)(F)F)c3)cn2C2CCCNC2)CC1. The van der Waals surface area contributed by atoms with E-state index in [4.69, 9.17) is 0 Å². The van der Waals surface area contributed by atoms with Gasteiger partial charge in [-0.1, -0.05) is 0 Å². The highest BCUT2D eigenvalue weighted by molar-refractivity contribution is 5.65. The van der Waals surface area contributed by atoms with Crippen molar-refractivity contribution in [3.05, 3.63) is 41.6 Å². The molecule has 0 aliphatic carbocycles. The fraction of sp³-hybridized carbons (Fsp3) is 0.524. The molecular weight excluding hydrogens is 416 g/mol. The van der Waals surface area contributed by atoms with Crippen molar-refractivity contribution in [3.8, 4) is 11.3 Å². The molecule has 2 aromatic rings. The molecule has 2 aliphatic rings. The lowest BCUT2D eigenvalue weighted by atomic mass is 9.95. The van der Waals surface area contributed by atoms with Crippen LogP contribution in [-0.2, 0) is 6.18 Å². The molecule has 6 nitrogen and oxygen atoms in total. The third-order valence-corrected chi connectivity index (χ3v) is 6.12. The van der Waals surface area contributed by atoms with Crippen LogP contribution in [0.25, 0.3) is 11.3 Å². The van der Waals surface area contributed by atoms with Gasteiger partial charge in [0.15, 0.2) is 0 Å². The number of likely N-dealkylation sites (tertiary alicyclic amines) is 1. The van der Waals surface area contributed by atoms with Crippen molar-refractivity contribution in [2.24, 2.45) is 0 Å². The lowest BCUT2D eigenvalue weighted by Crippen LogP contribution is -2.38. The second kappa shape index (κ2) is 8.49. The molecule has 2 aliphatic heterocycles. The predicted molar refractivity (Wildman–Crippen MR) is 105 cm³/mol. The average Bonchev–Trinajstić information content (AvgIpc) is 3.19. The summed E-state index contributed by atoms with van der Waals surface area (Å²) in [7, 11) is 0. The van der Waals surface area contributed by atoms with Gasteiger partial charge in [-0.15, -0.1) is 0 Å². The Morgan fingerprint density at radius 3 is 2.55 bits per heavy atom. The van der Waals surface area contributed by atoms with Gasteiger partial charge in [0.05, 0.1) is 11.3 Å². The van der Waals surface area contributed by atoms with E-state index < -0.39 is 23.7 Å².